The number of hydrogen-bond acceptors (Lipinski definition) is 3. The van der Waals surface area contributed by atoms with Gasteiger partial charge in [-0.2, -0.15) is 0 Å². The Hall–Kier alpha value is -2.20. The summed E-state index contributed by atoms with van der Waals surface area (Å²) in [6, 6.07) is 15.0. The lowest BCUT2D eigenvalue weighted by Crippen LogP contribution is -2.39. The Kier molecular flexibility index (Phi) is 4.07. The van der Waals surface area contributed by atoms with Gasteiger partial charge in [-0.05, 0) is 48.4 Å². The summed E-state index contributed by atoms with van der Waals surface area (Å²) < 4.78 is 1.91. The Morgan fingerprint density at radius 2 is 1.92 bits per heavy atom. The second kappa shape index (κ2) is 6.36. The van der Waals surface area contributed by atoms with E-state index in [0.29, 0.717) is 6.42 Å². The van der Waals surface area contributed by atoms with Gasteiger partial charge in [-0.25, -0.2) is 0 Å². The van der Waals surface area contributed by atoms with Gasteiger partial charge in [-0.15, -0.1) is 5.10 Å². The number of hydrogen-bond donors (Lipinski definition) is 1. The molecule has 1 N–H and O–H groups in total. The summed E-state index contributed by atoms with van der Waals surface area (Å²) in [5.41, 5.74) is 1.77. The molecule has 0 radical (unpaired) electrons. The van der Waals surface area contributed by atoms with E-state index in [2.05, 4.69) is 52.8 Å². The molecule has 1 aliphatic carbocycles. The maximum absolute atomic E-state index is 10.2. The van der Waals surface area contributed by atoms with Crippen molar-refractivity contribution in [2.45, 2.75) is 50.7 Å². The molecule has 4 heteroatoms. The van der Waals surface area contributed by atoms with Crippen LogP contribution in [0.5, 0.6) is 0 Å². The fourth-order valence-corrected chi connectivity index (χ4v) is 3.57. The first-order chi connectivity index (χ1) is 11.7. The van der Waals surface area contributed by atoms with Crippen LogP contribution in [0.15, 0.2) is 48.7 Å². The van der Waals surface area contributed by atoms with Gasteiger partial charge in [0.1, 0.15) is 0 Å². The molecular weight excluding hydrogens is 298 g/mol. The van der Waals surface area contributed by atoms with Gasteiger partial charge in [0.15, 0.2) is 0 Å². The van der Waals surface area contributed by atoms with Gasteiger partial charge in [0.25, 0.3) is 0 Å². The Balaban J connectivity index is 1.36. The van der Waals surface area contributed by atoms with Crippen molar-refractivity contribution >= 4 is 10.8 Å². The quantitative estimate of drug-likeness (QED) is 0.756. The molecule has 124 valence electrons. The van der Waals surface area contributed by atoms with Crippen LogP contribution >= 0.6 is 0 Å². The summed E-state index contributed by atoms with van der Waals surface area (Å²) in [4.78, 5) is 0. The Bertz CT molecular complexity index is 830. The molecule has 1 aliphatic rings. The smallest absolute Gasteiger partial charge is 0.0855 e. The van der Waals surface area contributed by atoms with E-state index in [1.165, 1.54) is 16.3 Å². The summed E-state index contributed by atoms with van der Waals surface area (Å²) in [7, 11) is 0. The minimum absolute atomic E-state index is 0.524. The van der Waals surface area contributed by atoms with Crippen molar-refractivity contribution < 1.29 is 5.11 Å². The van der Waals surface area contributed by atoms with Gasteiger partial charge in [-0.3, -0.25) is 4.68 Å². The zero-order chi connectivity index (χ0) is 16.4. The van der Waals surface area contributed by atoms with E-state index in [1.807, 2.05) is 10.9 Å². The Morgan fingerprint density at radius 1 is 1.08 bits per heavy atom. The van der Waals surface area contributed by atoms with Crippen molar-refractivity contribution in [3.63, 3.8) is 0 Å². The molecule has 0 unspecified atom stereocenters. The van der Waals surface area contributed by atoms with E-state index >= 15 is 0 Å². The Labute approximate surface area is 142 Å². The number of aliphatic hydroxyl groups is 1. The second-order valence-electron chi connectivity index (χ2n) is 6.97. The topological polar surface area (TPSA) is 50.9 Å². The van der Waals surface area contributed by atoms with Gasteiger partial charge in [0.05, 0.1) is 11.3 Å². The van der Waals surface area contributed by atoms with E-state index in [0.717, 1.165) is 44.3 Å². The van der Waals surface area contributed by atoms with Crippen molar-refractivity contribution in [3.05, 3.63) is 59.9 Å². The molecule has 0 atom stereocenters. The standard InChI is InChI=1S/C20H23N3O/c24-20(11-5-12-20)14-18-15-23(22-21-18)13-4-9-17-8-3-7-16-6-1-2-10-19(16)17/h1-3,6-8,10,15,24H,4-5,9,11-14H2. The normalized spacial score (nSPS) is 16.2. The van der Waals surface area contributed by atoms with Gasteiger partial charge in [-0.1, -0.05) is 47.7 Å². The molecule has 4 rings (SSSR count). The molecule has 4 nitrogen and oxygen atoms in total. The summed E-state index contributed by atoms with van der Waals surface area (Å²) in [5, 5.41) is 21.3. The molecule has 1 saturated carbocycles. The fraction of sp³-hybridized carbons (Fsp3) is 0.400. The number of benzene rings is 2. The first kappa shape index (κ1) is 15.3. The summed E-state index contributed by atoms with van der Waals surface area (Å²) in [6.07, 6.45) is 7.58. The molecule has 0 saturated heterocycles. The maximum Gasteiger partial charge on any atom is 0.0855 e. The largest absolute Gasteiger partial charge is 0.389 e. The van der Waals surface area contributed by atoms with Crippen molar-refractivity contribution in [2.75, 3.05) is 0 Å². The second-order valence-corrected chi connectivity index (χ2v) is 6.97. The molecule has 1 heterocycles. The molecular formula is C20H23N3O. The molecule has 0 aliphatic heterocycles. The third kappa shape index (κ3) is 3.20. The summed E-state index contributed by atoms with van der Waals surface area (Å²) in [5.74, 6) is 0. The first-order valence-corrected chi connectivity index (χ1v) is 8.80. The zero-order valence-electron chi connectivity index (χ0n) is 13.9. The molecule has 3 aromatic rings. The van der Waals surface area contributed by atoms with Crippen molar-refractivity contribution in [3.8, 4) is 0 Å². The van der Waals surface area contributed by atoms with Gasteiger partial charge in [0.2, 0.25) is 0 Å². The van der Waals surface area contributed by atoms with Gasteiger partial charge < -0.3 is 5.11 Å². The van der Waals surface area contributed by atoms with Crippen molar-refractivity contribution in [1.82, 2.24) is 15.0 Å². The van der Waals surface area contributed by atoms with Crippen molar-refractivity contribution in [1.29, 1.82) is 0 Å². The maximum atomic E-state index is 10.2. The van der Waals surface area contributed by atoms with Crippen molar-refractivity contribution in [2.24, 2.45) is 0 Å². The van der Waals surface area contributed by atoms with E-state index in [4.69, 9.17) is 0 Å². The van der Waals surface area contributed by atoms with Crippen LogP contribution in [-0.4, -0.2) is 25.7 Å². The van der Waals surface area contributed by atoms with E-state index in [1.54, 1.807) is 0 Å². The highest BCUT2D eigenvalue weighted by Crippen LogP contribution is 2.34. The minimum atomic E-state index is -0.524. The van der Waals surface area contributed by atoms with Crippen LogP contribution in [-0.2, 0) is 19.4 Å². The lowest BCUT2D eigenvalue weighted by Gasteiger charge is -2.35. The number of fused-ring (bicyclic) bond motifs is 1. The Morgan fingerprint density at radius 3 is 2.75 bits per heavy atom. The van der Waals surface area contributed by atoms with Gasteiger partial charge >= 0.3 is 0 Å². The number of aromatic nitrogens is 3. The minimum Gasteiger partial charge on any atom is -0.389 e. The lowest BCUT2D eigenvalue weighted by molar-refractivity contribution is -0.0330. The molecule has 0 bridgehead atoms. The highest BCUT2D eigenvalue weighted by Gasteiger charge is 2.35. The molecule has 1 fully saturated rings. The SMILES string of the molecule is OC1(Cc2cn(CCCc3cccc4ccccc34)nn2)CCC1. The van der Waals surface area contributed by atoms with Crippen LogP contribution in [0.3, 0.4) is 0 Å². The average molecular weight is 321 g/mol. The molecule has 0 amide bonds. The molecule has 1 aromatic heterocycles. The number of rotatable bonds is 6. The lowest BCUT2D eigenvalue weighted by atomic mass is 9.77. The van der Waals surface area contributed by atoms with Crippen LogP contribution < -0.4 is 0 Å². The van der Waals surface area contributed by atoms with E-state index < -0.39 is 5.60 Å². The van der Waals surface area contributed by atoms with Crippen LogP contribution in [0.2, 0.25) is 0 Å². The fourth-order valence-electron chi connectivity index (χ4n) is 3.57. The summed E-state index contributed by atoms with van der Waals surface area (Å²) in [6.45, 7) is 0.856. The highest BCUT2D eigenvalue weighted by molar-refractivity contribution is 5.85. The monoisotopic (exact) mass is 321 g/mol. The molecule has 2 aromatic carbocycles. The summed E-state index contributed by atoms with van der Waals surface area (Å²) >= 11 is 0. The number of aryl methyl sites for hydroxylation is 2. The van der Waals surface area contributed by atoms with Crippen LogP contribution in [0.4, 0.5) is 0 Å². The highest BCUT2D eigenvalue weighted by atomic mass is 16.3. The van der Waals surface area contributed by atoms with Gasteiger partial charge in [0, 0.05) is 19.2 Å². The average Bonchev–Trinajstić information content (AvgIpc) is 3.01. The van der Waals surface area contributed by atoms with Crippen LogP contribution in [0, 0.1) is 0 Å². The van der Waals surface area contributed by atoms with Crippen LogP contribution in [0.1, 0.15) is 36.9 Å². The third-order valence-corrected chi connectivity index (χ3v) is 5.09. The zero-order valence-corrected chi connectivity index (χ0v) is 13.9. The predicted octanol–water partition coefficient (Wildman–Crippen LogP) is 3.52. The van der Waals surface area contributed by atoms with E-state index in [-0.39, 0.29) is 0 Å². The third-order valence-electron chi connectivity index (χ3n) is 5.09. The molecule has 24 heavy (non-hydrogen) atoms. The number of nitrogens with zero attached hydrogens (tertiary/aromatic N) is 3. The van der Waals surface area contributed by atoms with Crippen LogP contribution in [0.25, 0.3) is 10.8 Å². The first-order valence-electron chi connectivity index (χ1n) is 8.80. The molecule has 0 spiro atoms. The van der Waals surface area contributed by atoms with E-state index in [9.17, 15) is 5.11 Å². The predicted molar refractivity (Wildman–Crippen MR) is 94.8 cm³/mol.